The van der Waals surface area contributed by atoms with Crippen LogP contribution in [-0.2, 0) is 16.6 Å². The molecule has 8 heteroatoms. The van der Waals surface area contributed by atoms with E-state index in [4.69, 9.17) is 5.73 Å². The summed E-state index contributed by atoms with van der Waals surface area (Å²) in [5.41, 5.74) is 7.04. The molecular formula is C9H10N4O2S2. The maximum atomic E-state index is 11.8. The lowest BCUT2D eigenvalue weighted by Gasteiger charge is -2.04. The van der Waals surface area contributed by atoms with Gasteiger partial charge in [-0.3, -0.25) is 4.98 Å². The van der Waals surface area contributed by atoms with Gasteiger partial charge in [-0.25, -0.2) is 18.1 Å². The lowest BCUT2D eigenvalue weighted by Crippen LogP contribution is -2.23. The smallest absolute Gasteiger partial charge is 0.242 e. The normalized spacial score (nSPS) is 11.5. The summed E-state index contributed by atoms with van der Waals surface area (Å²) in [7, 11) is -3.54. The van der Waals surface area contributed by atoms with E-state index in [0.717, 1.165) is 4.88 Å². The first kappa shape index (κ1) is 12.0. The van der Waals surface area contributed by atoms with Crippen molar-refractivity contribution < 1.29 is 8.42 Å². The van der Waals surface area contributed by atoms with Gasteiger partial charge in [-0.15, -0.1) is 11.3 Å². The van der Waals surface area contributed by atoms with E-state index in [1.54, 1.807) is 11.7 Å². The predicted octanol–water partition coefficient (Wildman–Crippen LogP) is 0.599. The Balaban J connectivity index is 2.11. The maximum Gasteiger partial charge on any atom is 0.242 e. The lowest BCUT2D eigenvalue weighted by atomic mass is 10.5. The molecule has 0 saturated heterocycles. The zero-order valence-electron chi connectivity index (χ0n) is 8.70. The van der Waals surface area contributed by atoms with Crippen molar-refractivity contribution in [1.29, 1.82) is 0 Å². The molecule has 2 aromatic heterocycles. The third-order valence-corrected chi connectivity index (χ3v) is 4.16. The van der Waals surface area contributed by atoms with Crippen molar-refractivity contribution in [3.63, 3.8) is 0 Å². The fourth-order valence-electron chi connectivity index (χ4n) is 1.13. The zero-order valence-corrected chi connectivity index (χ0v) is 10.3. The molecule has 0 aliphatic carbocycles. The largest absolute Gasteiger partial charge is 0.384 e. The first-order chi connectivity index (χ1) is 8.08. The Morgan fingerprint density at radius 3 is 2.76 bits per heavy atom. The van der Waals surface area contributed by atoms with Crippen molar-refractivity contribution in [2.75, 3.05) is 5.73 Å². The van der Waals surface area contributed by atoms with Gasteiger partial charge in [-0.2, -0.15) is 0 Å². The number of nitrogens with two attached hydrogens (primary N) is 1. The van der Waals surface area contributed by atoms with Crippen LogP contribution >= 0.6 is 11.3 Å². The summed E-state index contributed by atoms with van der Waals surface area (Å²) in [6.07, 6.45) is 2.85. The fraction of sp³-hybridized carbons (Fsp3) is 0.111. The molecule has 90 valence electrons. The van der Waals surface area contributed by atoms with Crippen LogP contribution in [0.4, 0.5) is 5.82 Å². The third kappa shape index (κ3) is 2.99. The molecular weight excluding hydrogens is 260 g/mol. The molecule has 2 rings (SSSR count). The first-order valence-electron chi connectivity index (χ1n) is 4.66. The number of nitrogens with zero attached hydrogens (tertiary/aromatic N) is 2. The summed E-state index contributed by atoms with van der Waals surface area (Å²) in [6.45, 7) is 0.220. The van der Waals surface area contributed by atoms with Crippen LogP contribution < -0.4 is 10.5 Å². The predicted molar refractivity (Wildman–Crippen MR) is 64.8 cm³/mol. The molecule has 0 saturated carbocycles. The number of rotatable bonds is 4. The summed E-state index contributed by atoms with van der Waals surface area (Å²) in [5, 5.41) is 0. The van der Waals surface area contributed by atoms with E-state index in [1.807, 2.05) is 0 Å². The third-order valence-electron chi connectivity index (χ3n) is 1.99. The van der Waals surface area contributed by atoms with Crippen LogP contribution in [0, 0.1) is 0 Å². The van der Waals surface area contributed by atoms with Crippen LogP contribution in [0.5, 0.6) is 0 Å². The van der Waals surface area contributed by atoms with Gasteiger partial charge < -0.3 is 5.73 Å². The van der Waals surface area contributed by atoms with Crippen molar-refractivity contribution in [2.45, 2.75) is 11.4 Å². The highest BCUT2D eigenvalue weighted by Gasteiger charge is 2.14. The zero-order chi connectivity index (χ0) is 12.3. The van der Waals surface area contributed by atoms with Crippen LogP contribution in [0.25, 0.3) is 0 Å². The van der Waals surface area contributed by atoms with Gasteiger partial charge in [0.25, 0.3) is 0 Å². The highest BCUT2D eigenvalue weighted by atomic mass is 32.2. The number of aromatic nitrogens is 2. The van der Waals surface area contributed by atoms with E-state index in [9.17, 15) is 8.42 Å². The Bertz CT molecular complexity index is 578. The molecule has 0 unspecified atom stereocenters. The molecule has 0 aliphatic rings. The van der Waals surface area contributed by atoms with Crippen LogP contribution in [0.3, 0.4) is 0 Å². The molecule has 0 amide bonds. The average molecular weight is 270 g/mol. The number of anilines is 1. The van der Waals surface area contributed by atoms with Crippen LogP contribution in [0.1, 0.15) is 4.88 Å². The number of hydrogen-bond acceptors (Lipinski definition) is 6. The molecule has 2 aromatic rings. The Hall–Kier alpha value is -1.51. The quantitative estimate of drug-likeness (QED) is 0.847. The molecule has 0 fully saturated rings. The van der Waals surface area contributed by atoms with E-state index in [-0.39, 0.29) is 17.3 Å². The minimum absolute atomic E-state index is 0.0937. The molecule has 0 aliphatic heterocycles. The number of sulfonamides is 1. The highest BCUT2D eigenvalue weighted by molar-refractivity contribution is 7.89. The van der Waals surface area contributed by atoms with Crippen molar-refractivity contribution >= 4 is 27.2 Å². The minimum Gasteiger partial charge on any atom is -0.384 e. The lowest BCUT2D eigenvalue weighted by molar-refractivity contribution is 0.581. The van der Waals surface area contributed by atoms with Gasteiger partial charge in [0, 0.05) is 23.8 Å². The molecule has 0 radical (unpaired) electrons. The summed E-state index contributed by atoms with van der Waals surface area (Å²) < 4.78 is 26.1. The number of nitrogens with one attached hydrogen (secondary N) is 1. The van der Waals surface area contributed by atoms with Crippen molar-refractivity contribution in [3.05, 3.63) is 34.9 Å². The number of pyridine rings is 1. The molecule has 0 atom stereocenters. The Labute approximate surface area is 103 Å². The van der Waals surface area contributed by atoms with E-state index in [0.29, 0.717) is 0 Å². The van der Waals surface area contributed by atoms with Crippen molar-refractivity contribution in [3.8, 4) is 0 Å². The van der Waals surface area contributed by atoms with Gasteiger partial charge in [-0.05, 0) is 12.1 Å². The average Bonchev–Trinajstić information content (AvgIpc) is 2.80. The Kier molecular flexibility index (Phi) is 3.36. The van der Waals surface area contributed by atoms with Crippen LogP contribution in [0.15, 0.2) is 34.9 Å². The number of thiazole rings is 1. The van der Waals surface area contributed by atoms with Crippen molar-refractivity contribution in [1.82, 2.24) is 14.7 Å². The number of hydrogen-bond donors (Lipinski definition) is 2. The van der Waals surface area contributed by atoms with E-state index >= 15 is 0 Å². The molecule has 0 aromatic carbocycles. The Morgan fingerprint density at radius 2 is 2.18 bits per heavy atom. The second-order valence-corrected chi connectivity index (χ2v) is 5.95. The molecule has 0 bridgehead atoms. The van der Waals surface area contributed by atoms with Gasteiger partial charge in [0.05, 0.1) is 5.51 Å². The molecule has 2 heterocycles. The minimum atomic E-state index is -3.54. The van der Waals surface area contributed by atoms with Gasteiger partial charge in [0.15, 0.2) is 0 Å². The fourth-order valence-corrected chi connectivity index (χ4v) is 2.71. The molecule has 3 N–H and O–H groups in total. The van der Waals surface area contributed by atoms with E-state index in [2.05, 4.69) is 14.7 Å². The molecule has 17 heavy (non-hydrogen) atoms. The molecule has 6 nitrogen and oxygen atoms in total. The number of nitrogen functional groups attached to an aromatic ring is 1. The summed E-state index contributed by atoms with van der Waals surface area (Å²) in [4.78, 5) is 8.54. The maximum absolute atomic E-state index is 11.8. The van der Waals surface area contributed by atoms with E-state index < -0.39 is 10.0 Å². The summed E-state index contributed by atoms with van der Waals surface area (Å²) in [6, 6.07) is 2.86. The van der Waals surface area contributed by atoms with Crippen LogP contribution in [0.2, 0.25) is 0 Å². The van der Waals surface area contributed by atoms with Crippen molar-refractivity contribution in [2.24, 2.45) is 0 Å². The van der Waals surface area contributed by atoms with Gasteiger partial charge >= 0.3 is 0 Å². The SMILES string of the molecule is Nc1ccc(S(=O)(=O)NCc2cncs2)cn1. The van der Waals surface area contributed by atoms with E-state index in [1.165, 1.54) is 29.7 Å². The van der Waals surface area contributed by atoms with Crippen LogP contribution in [-0.4, -0.2) is 18.4 Å². The molecule has 0 spiro atoms. The summed E-state index contributed by atoms with van der Waals surface area (Å²) in [5.74, 6) is 0.284. The topological polar surface area (TPSA) is 98.0 Å². The second kappa shape index (κ2) is 4.78. The van der Waals surface area contributed by atoms with Gasteiger partial charge in [0.1, 0.15) is 10.7 Å². The standard InChI is InChI=1S/C9H10N4O2S2/c10-9-2-1-8(5-12-9)17(14,15)13-4-7-3-11-6-16-7/h1-3,5-6,13H,4H2,(H2,10,12). The Morgan fingerprint density at radius 1 is 1.35 bits per heavy atom. The summed E-state index contributed by atoms with van der Waals surface area (Å²) >= 11 is 1.39. The second-order valence-electron chi connectivity index (χ2n) is 3.21. The highest BCUT2D eigenvalue weighted by Crippen LogP contribution is 2.11. The first-order valence-corrected chi connectivity index (χ1v) is 7.03. The monoisotopic (exact) mass is 270 g/mol. The van der Waals surface area contributed by atoms with Gasteiger partial charge in [-0.1, -0.05) is 0 Å². The van der Waals surface area contributed by atoms with Gasteiger partial charge in [0.2, 0.25) is 10.0 Å².